The van der Waals surface area contributed by atoms with Crippen LogP contribution >= 0.6 is 11.6 Å². The lowest BCUT2D eigenvalue weighted by Crippen LogP contribution is -2.46. The molecule has 106 valence electrons. The third kappa shape index (κ3) is 2.72. The average Bonchev–Trinajstić information content (AvgIpc) is 3.10. The van der Waals surface area contributed by atoms with E-state index in [1.807, 2.05) is 21.8 Å². The molecule has 1 unspecified atom stereocenters. The number of carbonyl (C=O) groups excluding carboxylic acids is 1. The van der Waals surface area contributed by atoms with Gasteiger partial charge in [-0.2, -0.15) is 5.10 Å². The number of halogens is 1. The van der Waals surface area contributed by atoms with Crippen LogP contribution in [0.4, 0.5) is 0 Å². The molecule has 3 rings (SSSR count). The molecule has 1 aliphatic heterocycles. The molecule has 1 saturated heterocycles. The summed E-state index contributed by atoms with van der Waals surface area (Å²) in [6, 6.07) is 3.78. The SMILES string of the molecule is O=C(c1cc(Cl)c[nH]1)N1CCCCC1Cn1cccn1. The topological polar surface area (TPSA) is 53.9 Å². The summed E-state index contributed by atoms with van der Waals surface area (Å²) in [6.45, 7) is 1.54. The number of hydrogen-bond acceptors (Lipinski definition) is 2. The van der Waals surface area contributed by atoms with Gasteiger partial charge in [0.05, 0.1) is 17.6 Å². The first-order valence-electron chi connectivity index (χ1n) is 6.86. The van der Waals surface area contributed by atoms with Crippen molar-refractivity contribution >= 4 is 17.5 Å². The van der Waals surface area contributed by atoms with Gasteiger partial charge in [-0.05, 0) is 31.4 Å². The van der Waals surface area contributed by atoms with Gasteiger partial charge in [-0.25, -0.2) is 0 Å². The zero-order valence-electron chi connectivity index (χ0n) is 11.1. The lowest BCUT2D eigenvalue weighted by molar-refractivity contribution is 0.0578. The van der Waals surface area contributed by atoms with Crippen LogP contribution in [0.15, 0.2) is 30.7 Å². The molecule has 2 aromatic heterocycles. The molecule has 5 nitrogen and oxygen atoms in total. The highest BCUT2D eigenvalue weighted by Gasteiger charge is 2.28. The first-order chi connectivity index (χ1) is 9.74. The van der Waals surface area contributed by atoms with E-state index in [1.165, 1.54) is 0 Å². The largest absolute Gasteiger partial charge is 0.356 e. The Bertz CT molecular complexity index is 578. The van der Waals surface area contributed by atoms with Crippen LogP contribution in [-0.2, 0) is 6.54 Å². The third-order valence-corrected chi connectivity index (χ3v) is 3.94. The Morgan fingerprint density at radius 1 is 1.50 bits per heavy atom. The zero-order chi connectivity index (χ0) is 13.9. The predicted octanol–water partition coefficient (Wildman–Crippen LogP) is 2.56. The highest BCUT2D eigenvalue weighted by atomic mass is 35.5. The molecule has 1 amide bonds. The van der Waals surface area contributed by atoms with Crippen molar-refractivity contribution in [2.45, 2.75) is 31.8 Å². The van der Waals surface area contributed by atoms with Crippen LogP contribution in [-0.4, -0.2) is 38.2 Å². The fourth-order valence-corrected chi connectivity index (χ4v) is 2.89. The van der Waals surface area contributed by atoms with E-state index in [9.17, 15) is 4.79 Å². The number of nitrogens with one attached hydrogen (secondary N) is 1. The predicted molar refractivity (Wildman–Crippen MR) is 76.7 cm³/mol. The molecule has 0 aromatic carbocycles. The van der Waals surface area contributed by atoms with Crippen molar-refractivity contribution in [3.05, 3.63) is 41.4 Å². The summed E-state index contributed by atoms with van der Waals surface area (Å²) in [5.41, 5.74) is 0.558. The lowest BCUT2D eigenvalue weighted by atomic mass is 10.0. The number of aromatic amines is 1. The van der Waals surface area contributed by atoms with Crippen LogP contribution in [0.1, 0.15) is 29.8 Å². The Labute approximate surface area is 122 Å². The molecule has 0 saturated carbocycles. The molecule has 6 heteroatoms. The summed E-state index contributed by atoms with van der Waals surface area (Å²) in [4.78, 5) is 17.4. The van der Waals surface area contributed by atoms with Gasteiger partial charge in [-0.1, -0.05) is 11.6 Å². The number of aromatic nitrogens is 3. The highest BCUT2D eigenvalue weighted by molar-refractivity contribution is 6.30. The molecule has 0 aliphatic carbocycles. The first kappa shape index (κ1) is 13.2. The van der Waals surface area contributed by atoms with Crippen molar-refractivity contribution in [2.75, 3.05) is 6.54 Å². The van der Waals surface area contributed by atoms with Gasteiger partial charge in [0.15, 0.2) is 0 Å². The van der Waals surface area contributed by atoms with Crippen LogP contribution in [0.5, 0.6) is 0 Å². The van der Waals surface area contributed by atoms with E-state index in [-0.39, 0.29) is 11.9 Å². The fraction of sp³-hybridized carbons (Fsp3) is 0.429. The number of hydrogen-bond donors (Lipinski definition) is 1. The van der Waals surface area contributed by atoms with E-state index < -0.39 is 0 Å². The van der Waals surface area contributed by atoms with Crippen LogP contribution in [0.25, 0.3) is 0 Å². The molecule has 2 aromatic rings. The summed E-state index contributed by atoms with van der Waals surface area (Å²) >= 11 is 5.88. The lowest BCUT2D eigenvalue weighted by Gasteiger charge is -2.35. The van der Waals surface area contributed by atoms with Crippen molar-refractivity contribution in [2.24, 2.45) is 0 Å². The number of likely N-dealkylation sites (tertiary alicyclic amines) is 1. The number of H-pyrrole nitrogens is 1. The quantitative estimate of drug-likeness (QED) is 0.945. The summed E-state index contributed by atoms with van der Waals surface area (Å²) in [6.07, 6.45) is 8.56. The van der Waals surface area contributed by atoms with Gasteiger partial charge >= 0.3 is 0 Å². The minimum absolute atomic E-state index is 0.0220. The molecular weight excluding hydrogens is 276 g/mol. The Morgan fingerprint density at radius 2 is 2.40 bits per heavy atom. The van der Waals surface area contributed by atoms with Crippen LogP contribution in [0, 0.1) is 0 Å². The van der Waals surface area contributed by atoms with E-state index in [4.69, 9.17) is 11.6 Å². The minimum Gasteiger partial charge on any atom is -0.356 e. The highest BCUT2D eigenvalue weighted by Crippen LogP contribution is 2.21. The van der Waals surface area contributed by atoms with Gasteiger partial charge in [-0.3, -0.25) is 9.48 Å². The van der Waals surface area contributed by atoms with E-state index in [1.54, 1.807) is 18.5 Å². The van der Waals surface area contributed by atoms with E-state index >= 15 is 0 Å². The molecule has 3 heterocycles. The second-order valence-corrected chi connectivity index (χ2v) is 5.54. The second-order valence-electron chi connectivity index (χ2n) is 5.11. The van der Waals surface area contributed by atoms with Crippen molar-refractivity contribution in [3.63, 3.8) is 0 Å². The zero-order valence-corrected chi connectivity index (χ0v) is 11.9. The van der Waals surface area contributed by atoms with Crippen LogP contribution in [0.2, 0.25) is 5.02 Å². The van der Waals surface area contributed by atoms with Crippen LogP contribution < -0.4 is 0 Å². The average molecular weight is 293 g/mol. The number of amides is 1. The second kappa shape index (κ2) is 5.71. The molecule has 0 spiro atoms. The molecule has 0 bridgehead atoms. The third-order valence-electron chi connectivity index (χ3n) is 3.72. The van der Waals surface area contributed by atoms with Gasteiger partial charge in [0, 0.05) is 25.1 Å². The number of nitrogens with zero attached hydrogens (tertiary/aromatic N) is 3. The van der Waals surface area contributed by atoms with E-state index in [2.05, 4.69) is 10.1 Å². The van der Waals surface area contributed by atoms with Gasteiger partial charge in [0.1, 0.15) is 5.69 Å². The van der Waals surface area contributed by atoms with Gasteiger partial charge < -0.3 is 9.88 Å². The molecule has 1 aliphatic rings. The Kier molecular flexibility index (Phi) is 3.78. The molecule has 20 heavy (non-hydrogen) atoms. The molecule has 1 N–H and O–H groups in total. The number of piperidine rings is 1. The Balaban J connectivity index is 1.76. The monoisotopic (exact) mass is 292 g/mol. The normalized spacial score (nSPS) is 19.2. The molecule has 1 atom stereocenters. The molecule has 0 radical (unpaired) electrons. The molecular formula is C14H17ClN4O. The standard InChI is InChI=1S/C14H17ClN4O/c15-11-8-13(16-9-11)14(20)19-7-2-1-4-12(19)10-18-6-3-5-17-18/h3,5-6,8-9,12,16H,1-2,4,7,10H2. The maximum atomic E-state index is 12.6. The Hall–Kier alpha value is -1.75. The Morgan fingerprint density at radius 3 is 3.10 bits per heavy atom. The van der Waals surface area contributed by atoms with Crippen molar-refractivity contribution in [1.29, 1.82) is 0 Å². The number of rotatable bonds is 3. The summed E-state index contributed by atoms with van der Waals surface area (Å²) in [7, 11) is 0. The van der Waals surface area contributed by atoms with Crippen molar-refractivity contribution in [1.82, 2.24) is 19.7 Å². The van der Waals surface area contributed by atoms with Gasteiger partial charge in [-0.15, -0.1) is 0 Å². The first-order valence-corrected chi connectivity index (χ1v) is 7.24. The summed E-state index contributed by atoms with van der Waals surface area (Å²) < 4.78 is 1.89. The van der Waals surface area contributed by atoms with Crippen molar-refractivity contribution < 1.29 is 4.79 Å². The van der Waals surface area contributed by atoms with Gasteiger partial charge in [0.25, 0.3) is 5.91 Å². The minimum atomic E-state index is 0.0220. The van der Waals surface area contributed by atoms with Crippen LogP contribution in [0.3, 0.4) is 0 Å². The number of carbonyl (C=O) groups is 1. The summed E-state index contributed by atoms with van der Waals surface area (Å²) in [5.74, 6) is 0.0220. The molecule has 1 fully saturated rings. The van der Waals surface area contributed by atoms with E-state index in [0.29, 0.717) is 10.7 Å². The smallest absolute Gasteiger partial charge is 0.270 e. The maximum Gasteiger partial charge on any atom is 0.270 e. The fourth-order valence-electron chi connectivity index (χ4n) is 2.73. The van der Waals surface area contributed by atoms with E-state index in [0.717, 1.165) is 32.4 Å². The maximum absolute atomic E-state index is 12.6. The van der Waals surface area contributed by atoms with Crippen molar-refractivity contribution in [3.8, 4) is 0 Å². The van der Waals surface area contributed by atoms with Gasteiger partial charge in [0.2, 0.25) is 0 Å². The summed E-state index contributed by atoms with van der Waals surface area (Å²) in [5, 5.41) is 4.79.